The van der Waals surface area contributed by atoms with E-state index in [4.69, 9.17) is 16.3 Å². The summed E-state index contributed by atoms with van der Waals surface area (Å²) in [6.07, 6.45) is 9.78. The van der Waals surface area contributed by atoms with Crippen LogP contribution in [-0.2, 0) is 19.1 Å². The number of anilines is 1. The average Bonchev–Trinajstić information content (AvgIpc) is 3.08. The van der Waals surface area contributed by atoms with Gasteiger partial charge >= 0.3 is 5.97 Å². The van der Waals surface area contributed by atoms with E-state index in [1.54, 1.807) is 34.1 Å². The van der Waals surface area contributed by atoms with Gasteiger partial charge in [0, 0.05) is 35.2 Å². The lowest BCUT2D eigenvalue weighted by Crippen LogP contribution is -2.53. The van der Waals surface area contributed by atoms with Crippen LogP contribution in [0, 0.1) is 11.8 Å². The molecule has 9 heteroatoms. The molecule has 2 fully saturated rings. The number of unbranched alkanes of at least 4 members (excludes halogenated alkanes) is 2. The highest BCUT2D eigenvalue weighted by atomic mass is 35.5. The molecule has 0 bridgehead atoms. The molecule has 1 aromatic rings. The number of aliphatic hydroxyl groups excluding tert-OH is 1. The number of hydrogen-bond donors (Lipinski definition) is 1. The second-order valence-corrected chi connectivity index (χ2v) is 11.9. The van der Waals surface area contributed by atoms with Gasteiger partial charge in [0.2, 0.25) is 5.91 Å². The Morgan fingerprint density at radius 2 is 1.83 bits per heavy atom. The summed E-state index contributed by atoms with van der Waals surface area (Å²) in [5.41, 5.74) is 0.708. The summed E-state index contributed by atoms with van der Waals surface area (Å²) in [4.78, 5) is 44.8. The van der Waals surface area contributed by atoms with Crippen molar-refractivity contribution in [3.8, 4) is 0 Å². The maximum atomic E-state index is 14.2. The minimum Gasteiger partial charge on any atom is -0.461 e. The molecule has 2 saturated heterocycles. The predicted octanol–water partition coefficient (Wildman–Crippen LogP) is 3.21. The van der Waals surface area contributed by atoms with Crippen molar-refractivity contribution >= 4 is 46.8 Å². The van der Waals surface area contributed by atoms with Crippen LogP contribution in [0.15, 0.2) is 48.6 Å². The van der Waals surface area contributed by atoms with Gasteiger partial charge in [0.15, 0.2) is 0 Å². The van der Waals surface area contributed by atoms with E-state index >= 15 is 0 Å². The van der Waals surface area contributed by atoms with Crippen LogP contribution in [0.4, 0.5) is 5.69 Å². The monoisotopic (exact) mass is 516 g/mol. The zero-order valence-electron chi connectivity index (χ0n) is 19.6. The van der Waals surface area contributed by atoms with E-state index in [1.807, 2.05) is 31.2 Å². The third kappa shape index (κ3) is 3.90. The molecule has 5 rings (SSSR count). The molecule has 7 nitrogen and oxygen atoms in total. The molecule has 4 aliphatic rings. The van der Waals surface area contributed by atoms with Crippen molar-refractivity contribution in [2.75, 3.05) is 31.2 Å². The standard InChI is InChI=1S/C26H29ClN2O5S/c1-25-11-6-16-34-24(33)20(25)19-22(31)29(13-3-2-4-15-30)21-23(32)28(14-5-12-26(19,21)35-25)18-9-7-17(27)8-10-18/h5-12,19-21,30H,2-4,13-16H2,1H3/t19-,20+,21?,25-,26-/m0/s1. The number of cyclic esters (lactones) is 1. The molecule has 5 atom stereocenters. The van der Waals surface area contributed by atoms with E-state index in [0.717, 1.165) is 6.42 Å². The summed E-state index contributed by atoms with van der Waals surface area (Å²) in [6, 6.07) is 6.35. The van der Waals surface area contributed by atoms with Crippen LogP contribution in [0.25, 0.3) is 0 Å². The lowest BCUT2D eigenvalue weighted by atomic mass is 9.75. The number of hydrogen-bond acceptors (Lipinski definition) is 6. The molecule has 4 aliphatic heterocycles. The molecule has 1 spiro atoms. The van der Waals surface area contributed by atoms with Crippen LogP contribution < -0.4 is 4.90 Å². The lowest BCUT2D eigenvalue weighted by molar-refractivity contribution is -0.152. The third-order valence-corrected chi connectivity index (χ3v) is 9.56. The molecule has 35 heavy (non-hydrogen) atoms. The largest absolute Gasteiger partial charge is 0.461 e. The number of thioether (sulfide) groups is 1. The van der Waals surface area contributed by atoms with Gasteiger partial charge in [-0.25, -0.2) is 0 Å². The first kappa shape index (κ1) is 24.4. The number of aliphatic hydroxyl groups is 1. The van der Waals surface area contributed by atoms with Gasteiger partial charge in [0.1, 0.15) is 12.6 Å². The minimum absolute atomic E-state index is 0.0877. The van der Waals surface area contributed by atoms with E-state index in [0.29, 0.717) is 36.6 Å². The summed E-state index contributed by atoms with van der Waals surface area (Å²) in [5.74, 6) is -2.10. The normalized spacial score (nSPS) is 33.8. The van der Waals surface area contributed by atoms with Crippen molar-refractivity contribution in [2.24, 2.45) is 11.8 Å². The summed E-state index contributed by atoms with van der Waals surface area (Å²) in [6.45, 7) is 3.00. The van der Waals surface area contributed by atoms with Crippen molar-refractivity contribution in [1.82, 2.24) is 4.90 Å². The van der Waals surface area contributed by atoms with Crippen LogP contribution in [0.2, 0.25) is 5.02 Å². The number of rotatable bonds is 6. The van der Waals surface area contributed by atoms with Gasteiger partial charge in [-0.2, -0.15) is 0 Å². The highest BCUT2D eigenvalue weighted by Gasteiger charge is 2.74. The van der Waals surface area contributed by atoms with Crippen molar-refractivity contribution < 1.29 is 24.2 Å². The average molecular weight is 517 g/mol. The van der Waals surface area contributed by atoms with Gasteiger partial charge in [-0.3, -0.25) is 14.4 Å². The SMILES string of the molecule is C[C@]12C=CCOC(=O)[C@H]1[C@H]1C(=O)N(CCCCCO)C3C(=O)N(c4ccc(Cl)cc4)CC=C[C@@]31S2. The molecule has 0 radical (unpaired) electrons. The van der Waals surface area contributed by atoms with Crippen LogP contribution in [0.1, 0.15) is 26.2 Å². The quantitative estimate of drug-likeness (QED) is 0.355. The van der Waals surface area contributed by atoms with Gasteiger partial charge in [-0.15, -0.1) is 11.8 Å². The van der Waals surface area contributed by atoms with Crippen molar-refractivity contribution in [3.05, 3.63) is 53.6 Å². The molecular formula is C26H29ClN2O5S. The van der Waals surface area contributed by atoms with Gasteiger partial charge < -0.3 is 19.6 Å². The van der Waals surface area contributed by atoms with Gasteiger partial charge in [-0.1, -0.05) is 29.8 Å². The fourth-order valence-corrected chi connectivity index (χ4v) is 8.30. The maximum Gasteiger partial charge on any atom is 0.311 e. The topological polar surface area (TPSA) is 87.1 Å². The van der Waals surface area contributed by atoms with Gasteiger partial charge in [-0.05, 0) is 56.5 Å². The summed E-state index contributed by atoms with van der Waals surface area (Å²) in [5, 5.41) is 9.76. The summed E-state index contributed by atoms with van der Waals surface area (Å²) < 4.78 is 3.91. The van der Waals surface area contributed by atoms with E-state index < -0.39 is 27.4 Å². The Labute approximate surface area is 214 Å². The maximum absolute atomic E-state index is 14.2. The van der Waals surface area contributed by atoms with E-state index in [1.165, 1.54) is 11.8 Å². The summed E-state index contributed by atoms with van der Waals surface area (Å²) >= 11 is 7.61. The smallest absolute Gasteiger partial charge is 0.311 e. The first-order chi connectivity index (χ1) is 16.8. The molecule has 1 aromatic carbocycles. The molecule has 186 valence electrons. The highest BCUT2D eigenvalue weighted by molar-refractivity contribution is 8.02. The number of esters is 1. The Kier molecular flexibility index (Phi) is 6.48. The Balaban J connectivity index is 1.59. The van der Waals surface area contributed by atoms with Crippen molar-refractivity contribution in [3.63, 3.8) is 0 Å². The zero-order chi connectivity index (χ0) is 24.8. The number of benzene rings is 1. The zero-order valence-corrected chi connectivity index (χ0v) is 21.1. The Morgan fingerprint density at radius 3 is 2.57 bits per heavy atom. The van der Waals surface area contributed by atoms with Crippen LogP contribution in [0.3, 0.4) is 0 Å². The van der Waals surface area contributed by atoms with Crippen LogP contribution in [-0.4, -0.2) is 69.6 Å². The second kappa shape index (κ2) is 9.30. The molecule has 0 saturated carbocycles. The van der Waals surface area contributed by atoms with Gasteiger partial charge in [0.25, 0.3) is 5.91 Å². The first-order valence-electron chi connectivity index (χ1n) is 12.0. The lowest BCUT2D eigenvalue weighted by Gasteiger charge is -2.36. The number of nitrogens with zero attached hydrogens (tertiary/aromatic N) is 2. The molecule has 1 unspecified atom stereocenters. The Hall–Kier alpha value is -2.29. The van der Waals surface area contributed by atoms with E-state index in [2.05, 4.69) is 0 Å². The Bertz CT molecular complexity index is 1090. The number of fused-ring (bicyclic) bond motifs is 2. The number of amides is 2. The van der Waals surface area contributed by atoms with Crippen LogP contribution >= 0.6 is 23.4 Å². The Morgan fingerprint density at radius 1 is 1.06 bits per heavy atom. The number of likely N-dealkylation sites (tertiary alicyclic amines) is 1. The molecule has 1 N–H and O–H groups in total. The molecule has 0 aliphatic carbocycles. The first-order valence-corrected chi connectivity index (χ1v) is 13.2. The van der Waals surface area contributed by atoms with E-state index in [-0.39, 0.29) is 31.0 Å². The molecular weight excluding hydrogens is 488 g/mol. The number of halogens is 1. The highest BCUT2D eigenvalue weighted by Crippen LogP contribution is 2.65. The summed E-state index contributed by atoms with van der Waals surface area (Å²) in [7, 11) is 0. The third-order valence-electron chi connectivity index (χ3n) is 7.51. The van der Waals surface area contributed by atoms with E-state index in [9.17, 15) is 19.5 Å². The van der Waals surface area contributed by atoms with Gasteiger partial charge in [0.05, 0.1) is 16.6 Å². The number of ether oxygens (including phenoxy) is 1. The fraction of sp³-hybridized carbons (Fsp3) is 0.500. The van der Waals surface area contributed by atoms with Crippen LogP contribution in [0.5, 0.6) is 0 Å². The number of carbonyl (C=O) groups is 3. The molecule has 2 amide bonds. The molecule has 0 aromatic heterocycles. The predicted molar refractivity (Wildman–Crippen MR) is 135 cm³/mol. The minimum atomic E-state index is -0.883. The number of carbonyl (C=O) groups excluding carboxylic acids is 3. The second-order valence-electron chi connectivity index (χ2n) is 9.67. The van der Waals surface area contributed by atoms with Crippen molar-refractivity contribution in [2.45, 2.75) is 41.7 Å². The molecule has 4 heterocycles. The van der Waals surface area contributed by atoms with Crippen molar-refractivity contribution in [1.29, 1.82) is 0 Å². The fourth-order valence-electron chi connectivity index (χ4n) is 6.02.